The van der Waals surface area contributed by atoms with Crippen LogP contribution in [0.1, 0.15) is 53.4 Å². The first-order chi connectivity index (χ1) is 13.4. The number of tetrazole rings is 1. The molecule has 3 aromatic rings. The van der Waals surface area contributed by atoms with Gasteiger partial charge in [0.05, 0.1) is 6.04 Å². The van der Waals surface area contributed by atoms with Crippen molar-refractivity contribution in [3.05, 3.63) is 65.5 Å². The van der Waals surface area contributed by atoms with Crippen LogP contribution in [0.3, 0.4) is 0 Å². The molecule has 144 valence electrons. The Kier molecular flexibility index (Phi) is 5.78. The summed E-state index contributed by atoms with van der Waals surface area (Å²) in [6.07, 6.45) is 0. The Morgan fingerprint density at radius 1 is 1.11 bits per heavy atom. The van der Waals surface area contributed by atoms with Crippen LogP contribution in [-0.2, 0) is 6.61 Å². The molecule has 0 aliphatic rings. The number of anilines is 1. The number of benzene rings is 2. The summed E-state index contributed by atoms with van der Waals surface area (Å²) in [6, 6.07) is 13.8. The molecule has 0 saturated heterocycles. The van der Waals surface area contributed by atoms with Crippen LogP contribution in [0, 0.1) is 0 Å². The molecule has 0 unspecified atom stereocenters. The van der Waals surface area contributed by atoms with Crippen molar-refractivity contribution < 1.29 is 14.3 Å². The maximum atomic E-state index is 12.5. The molecule has 0 saturated carbocycles. The molecule has 0 atom stereocenters. The average molecular weight is 379 g/mol. The van der Waals surface area contributed by atoms with Crippen LogP contribution in [0.25, 0.3) is 0 Å². The number of carbonyl (C=O) groups is 2. The highest BCUT2D eigenvalue weighted by molar-refractivity contribution is 6.05. The number of rotatable bonds is 7. The zero-order valence-corrected chi connectivity index (χ0v) is 15.9. The monoisotopic (exact) mass is 379 g/mol. The Hall–Kier alpha value is -3.55. The number of ketones is 1. The van der Waals surface area contributed by atoms with Crippen molar-refractivity contribution in [1.29, 1.82) is 0 Å². The fraction of sp³-hybridized carbons (Fsp3) is 0.250. The summed E-state index contributed by atoms with van der Waals surface area (Å²) >= 11 is 0. The van der Waals surface area contributed by atoms with Gasteiger partial charge in [-0.3, -0.25) is 9.59 Å². The topological polar surface area (TPSA) is 99.0 Å². The number of nitrogens with one attached hydrogen (secondary N) is 1. The Bertz CT molecular complexity index is 997. The number of amides is 1. The van der Waals surface area contributed by atoms with E-state index >= 15 is 0 Å². The van der Waals surface area contributed by atoms with E-state index in [-0.39, 0.29) is 24.3 Å². The quantitative estimate of drug-likeness (QED) is 0.633. The molecule has 0 bridgehead atoms. The van der Waals surface area contributed by atoms with Crippen LogP contribution in [0.15, 0.2) is 48.5 Å². The van der Waals surface area contributed by atoms with Crippen LogP contribution in [0.2, 0.25) is 0 Å². The van der Waals surface area contributed by atoms with Crippen LogP contribution >= 0.6 is 0 Å². The second-order valence-electron chi connectivity index (χ2n) is 6.54. The van der Waals surface area contributed by atoms with Gasteiger partial charge in [-0.1, -0.05) is 18.2 Å². The highest BCUT2D eigenvalue weighted by Gasteiger charge is 2.12. The molecule has 1 aromatic heterocycles. The van der Waals surface area contributed by atoms with E-state index in [2.05, 4.69) is 20.8 Å². The van der Waals surface area contributed by atoms with Crippen LogP contribution in [0.4, 0.5) is 5.69 Å². The maximum absolute atomic E-state index is 12.5. The summed E-state index contributed by atoms with van der Waals surface area (Å²) in [7, 11) is 0. The van der Waals surface area contributed by atoms with E-state index < -0.39 is 0 Å². The zero-order valence-electron chi connectivity index (χ0n) is 15.9. The van der Waals surface area contributed by atoms with Gasteiger partial charge in [0.15, 0.2) is 11.6 Å². The van der Waals surface area contributed by atoms with Gasteiger partial charge in [-0.15, -0.1) is 5.10 Å². The Morgan fingerprint density at radius 3 is 2.61 bits per heavy atom. The molecule has 8 nitrogen and oxygen atoms in total. The van der Waals surface area contributed by atoms with Gasteiger partial charge in [0.1, 0.15) is 12.4 Å². The highest BCUT2D eigenvalue weighted by atomic mass is 16.5. The van der Waals surface area contributed by atoms with Gasteiger partial charge < -0.3 is 10.1 Å². The van der Waals surface area contributed by atoms with Gasteiger partial charge in [0.2, 0.25) is 0 Å². The molecular weight excluding hydrogens is 358 g/mol. The van der Waals surface area contributed by atoms with Crippen molar-refractivity contribution in [2.75, 3.05) is 5.32 Å². The van der Waals surface area contributed by atoms with E-state index in [9.17, 15) is 9.59 Å². The van der Waals surface area contributed by atoms with Crippen LogP contribution in [0.5, 0.6) is 5.75 Å². The summed E-state index contributed by atoms with van der Waals surface area (Å²) in [5.41, 5.74) is 1.53. The molecule has 8 heteroatoms. The minimum atomic E-state index is -0.293. The summed E-state index contributed by atoms with van der Waals surface area (Å²) < 4.78 is 7.42. The van der Waals surface area contributed by atoms with Crippen molar-refractivity contribution in [3.63, 3.8) is 0 Å². The number of ether oxygens (including phenoxy) is 1. The summed E-state index contributed by atoms with van der Waals surface area (Å²) in [6.45, 7) is 5.63. The lowest BCUT2D eigenvalue weighted by molar-refractivity contribution is 0.101. The number of aromatic nitrogens is 4. The fourth-order valence-corrected chi connectivity index (χ4v) is 2.60. The largest absolute Gasteiger partial charge is 0.486 e. The summed E-state index contributed by atoms with van der Waals surface area (Å²) in [5, 5.41) is 14.3. The number of Topliss-reactive ketones (excluding diaryl/α,β-unsaturated/α-hetero) is 1. The lowest BCUT2D eigenvalue weighted by atomic mass is 10.1. The summed E-state index contributed by atoms with van der Waals surface area (Å²) in [4.78, 5) is 24.0. The fourth-order valence-electron chi connectivity index (χ4n) is 2.60. The van der Waals surface area contributed by atoms with E-state index in [1.807, 2.05) is 13.8 Å². The van der Waals surface area contributed by atoms with E-state index in [0.29, 0.717) is 28.4 Å². The minimum absolute atomic E-state index is 0.0600. The lowest BCUT2D eigenvalue weighted by Gasteiger charge is -2.10. The molecule has 2 aromatic carbocycles. The first-order valence-corrected chi connectivity index (χ1v) is 8.86. The normalized spacial score (nSPS) is 10.7. The molecule has 0 aliphatic heterocycles. The zero-order chi connectivity index (χ0) is 20.1. The molecule has 1 amide bonds. The molecule has 1 heterocycles. The Labute approximate surface area is 162 Å². The van der Waals surface area contributed by atoms with Crippen molar-refractivity contribution in [2.45, 2.75) is 33.4 Å². The van der Waals surface area contributed by atoms with Crippen LogP contribution in [-0.4, -0.2) is 31.9 Å². The number of carbonyl (C=O) groups excluding carboxylic acids is 2. The van der Waals surface area contributed by atoms with E-state index in [1.54, 1.807) is 53.2 Å². The SMILES string of the molecule is CC(=O)c1cccc(NC(=O)c2cccc(OCc3nnnn3C(C)C)c2)c1. The standard InChI is InChI=1S/C20H21N5O3/c1-13(2)25-19(22-23-24-25)12-28-18-9-5-7-16(11-18)20(27)21-17-8-4-6-15(10-17)14(3)26/h4-11,13H,12H2,1-3H3,(H,21,27). The Balaban J connectivity index is 1.68. The smallest absolute Gasteiger partial charge is 0.255 e. The van der Waals surface area contributed by atoms with Gasteiger partial charge in [0.25, 0.3) is 5.91 Å². The molecule has 0 aliphatic carbocycles. The molecule has 28 heavy (non-hydrogen) atoms. The first-order valence-electron chi connectivity index (χ1n) is 8.86. The molecule has 0 fully saturated rings. The van der Waals surface area contributed by atoms with E-state index in [4.69, 9.17) is 4.74 Å². The van der Waals surface area contributed by atoms with Crippen molar-refractivity contribution >= 4 is 17.4 Å². The molecule has 0 radical (unpaired) electrons. The predicted molar refractivity (Wildman–Crippen MR) is 103 cm³/mol. The van der Waals surface area contributed by atoms with Crippen molar-refractivity contribution in [3.8, 4) is 5.75 Å². The maximum Gasteiger partial charge on any atom is 0.255 e. The van der Waals surface area contributed by atoms with Gasteiger partial charge in [-0.05, 0) is 61.5 Å². The van der Waals surface area contributed by atoms with Crippen molar-refractivity contribution in [1.82, 2.24) is 20.2 Å². The highest BCUT2D eigenvalue weighted by Crippen LogP contribution is 2.18. The summed E-state index contributed by atoms with van der Waals surface area (Å²) in [5.74, 6) is 0.780. The van der Waals surface area contributed by atoms with E-state index in [1.165, 1.54) is 6.92 Å². The van der Waals surface area contributed by atoms with Gasteiger partial charge in [-0.25, -0.2) is 4.68 Å². The number of hydrogen-bond acceptors (Lipinski definition) is 6. The third-order valence-corrected chi connectivity index (χ3v) is 4.04. The van der Waals surface area contributed by atoms with Gasteiger partial charge in [0, 0.05) is 16.8 Å². The minimum Gasteiger partial charge on any atom is -0.486 e. The molecule has 0 spiro atoms. The lowest BCUT2D eigenvalue weighted by Crippen LogP contribution is -2.13. The molecular formula is C20H21N5O3. The second-order valence-corrected chi connectivity index (χ2v) is 6.54. The first kappa shape index (κ1) is 19.2. The van der Waals surface area contributed by atoms with Gasteiger partial charge in [-0.2, -0.15) is 0 Å². The van der Waals surface area contributed by atoms with Gasteiger partial charge >= 0.3 is 0 Å². The third kappa shape index (κ3) is 4.59. The number of hydrogen-bond donors (Lipinski definition) is 1. The Morgan fingerprint density at radius 2 is 1.86 bits per heavy atom. The third-order valence-electron chi connectivity index (χ3n) is 4.04. The second kappa shape index (κ2) is 8.43. The average Bonchev–Trinajstić information content (AvgIpc) is 3.16. The van der Waals surface area contributed by atoms with Crippen LogP contribution < -0.4 is 10.1 Å². The molecule has 3 rings (SSSR count). The molecule has 1 N–H and O–H groups in total. The van der Waals surface area contributed by atoms with E-state index in [0.717, 1.165) is 0 Å². The number of nitrogens with zero attached hydrogens (tertiary/aromatic N) is 4. The van der Waals surface area contributed by atoms with Crippen molar-refractivity contribution in [2.24, 2.45) is 0 Å². The predicted octanol–water partition coefficient (Wildman–Crippen LogP) is 3.29.